The Hall–Kier alpha value is -1.31. The molecular formula is C15H15BrN2O2S2. The van der Waals surface area contributed by atoms with Crippen LogP contribution in [0.4, 0.5) is 5.69 Å². The maximum absolute atomic E-state index is 11.8. The molecule has 1 aromatic heterocycles. The number of nitrogens with one attached hydrogen (secondary N) is 2. The van der Waals surface area contributed by atoms with Crippen LogP contribution in [0.15, 0.2) is 44.4 Å². The summed E-state index contributed by atoms with van der Waals surface area (Å²) in [5.41, 5.74) is 1.71. The molecule has 0 saturated heterocycles. The van der Waals surface area contributed by atoms with Gasteiger partial charge < -0.3 is 10.6 Å². The average Bonchev–Trinajstić information content (AvgIpc) is 2.99. The van der Waals surface area contributed by atoms with Crippen LogP contribution in [0.25, 0.3) is 0 Å². The molecule has 0 aliphatic carbocycles. The van der Waals surface area contributed by atoms with Crippen LogP contribution in [-0.4, -0.2) is 24.1 Å². The molecule has 0 saturated carbocycles. The van der Waals surface area contributed by atoms with Crippen molar-refractivity contribution in [3.05, 3.63) is 45.7 Å². The molecule has 2 amide bonds. The largest absolute Gasteiger partial charge is 0.346 e. The van der Waals surface area contributed by atoms with Crippen LogP contribution < -0.4 is 10.6 Å². The number of thioether (sulfide) groups is 1. The molecule has 0 atom stereocenters. The highest BCUT2D eigenvalue weighted by Crippen LogP contribution is 2.22. The molecule has 22 heavy (non-hydrogen) atoms. The summed E-state index contributed by atoms with van der Waals surface area (Å²) in [5.74, 6) is -0.0774. The van der Waals surface area contributed by atoms with Crippen LogP contribution in [0.3, 0.4) is 0 Å². The first-order valence-electron chi connectivity index (χ1n) is 6.53. The van der Waals surface area contributed by atoms with E-state index >= 15 is 0 Å². The lowest BCUT2D eigenvalue weighted by molar-refractivity contribution is -0.122. The second-order valence-corrected chi connectivity index (χ2v) is 7.64. The van der Waals surface area contributed by atoms with Gasteiger partial charge in [-0.25, -0.2) is 0 Å². The van der Waals surface area contributed by atoms with Crippen molar-refractivity contribution in [2.45, 2.75) is 11.1 Å². The van der Waals surface area contributed by atoms with E-state index < -0.39 is 0 Å². The first kappa shape index (κ1) is 17.1. The molecule has 2 aromatic rings. The minimum absolute atomic E-state index is 0.0284. The Balaban J connectivity index is 1.74. The van der Waals surface area contributed by atoms with E-state index in [-0.39, 0.29) is 18.4 Å². The minimum atomic E-state index is -0.236. The lowest BCUT2D eigenvalue weighted by atomic mass is 10.2. The molecule has 116 valence electrons. The highest BCUT2D eigenvalue weighted by Gasteiger charge is 2.08. The van der Waals surface area contributed by atoms with Gasteiger partial charge in [0.05, 0.1) is 16.5 Å². The van der Waals surface area contributed by atoms with Gasteiger partial charge in [-0.05, 0) is 42.1 Å². The molecule has 2 N–H and O–H groups in total. The number of benzene rings is 1. The standard InChI is InChI=1S/C15H15BrN2O2S2/c1-10-7-11(16)4-5-12(10)18-13(19)8-17-14(20)9-22-15-3-2-6-21-15/h2-7H,8-9H2,1H3,(H,17,20)(H,18,19). The molecule has 2 rings (SSSR count). The summed E-state index contributed by atoms with van der Waals surface area (Å²) in [6.07, 6.45) is 0. The molecule has 1 heterocycles. The summed E-state index contributed by atoms with van der Waals surface area (Å²) in [4.78, 5) is 23.5. The summed E-state index contributed by atoms with van der Waals surface area (Å²) < 4.78 is 2.05. The zero-order valence-electron chi connectivity index (χ0n) is 11.9. The molecule has 0 spiro atoms. The lowest BCUT2D eigenvalue weighted by Crippen LogP contribution is -2.34. The van der Waals surface area contributed by atoms with Crippen molar-refractivity contribution in [2.75, 3.05) is 17.6 Å². The fourth-order valence-electron chi connectivity index (χ4n) is 1.67. The van der Waals surface area contributed by atoms with Crippen molar-refractivity contribution < 1.29 is 9.59 Å². The van der Waals surface area contributed by atoms with Crippen molar-refractivity contribution in [3.63, 3.8) is 0 Å². The van der Waals surface area contributed by atoms with Gasteiger partial charge in [0, 0.05) is 10.2 Å². The van der Waals surface area contributed by atoms with Crippen molar-refractivity contribution in [3.8, 4) is 0 Å². The topological polar surface area (TPSA) is 58.2 Å². The van der Waals surface area contributed by atoms with Crippen LogP contribution >= 0.6 is 39.0 Å². The quantitative estimate of drug-likeness (QED) is 0.729. The van der Waals surface area contributed by atoms with E-state index in [0.717, 1.165) is 19.9 Å². The molecular weight excluding hydrogens is 384 g/mol. The Morgan fingerprint density at radius 2 is 2.09 bits per heavy atom. The first-order chi connectivity index (χ1) is 10.5. The van der Waals surface area contributed by atoms with Crippen LogP contribution in [0.1, 0.15) is 5.56 Å². The van der Waals surface area contributed by atoms with Gasteiger partial charge >= 0.3 is 0 Å². The Morgan fingerprint density at radius 1 is 1.27 bits per heavy atom. The molecule has 7 heteroatoms. The number of hydrogen-bond acceptors (Lipinski definition) is 4. The highest BCUT2D eigenvalue weighted by atomic mass is 79.9. The monoisotopic (exact) mass is 398 g/mol. The average molecular weight is 399 g/mol. The van der Waals surface area contributed by atoms with Crippen LogP contribution in [0.5, 0.6) is 0 Å². The second-order valence-electron chi connectivity index (χ2n) is 4.50. The van der Waals surface area contributed by atoms with Crippen molar-refractivity contribution in [1.82, 2.24) is 5.32 Å². The molecule has 0 bridgehead atoms. The smallest absolute Gasteiger partial charge is 0.243 e. The molecule has 4 nitrogen and oxygen atoms in total. The maximum Gasteiger partial charge on any atom is 0.243 e. The molecule has 0 unspecified atom stereocenters. The van der Waals surface area contributed by atoms with E-state index in [1.165, 1.54) is 11.8 Å². The van der Waals surface area contributed by atoms with Gasteiger partial charge in [0.2, 0.25) is 11.8 Å². The van der Waals surface area contributed by atoms with Crippen molar-refractivity contribution in [2.24, 2.45) is 0 Å². The predicted octanol–water partition coefficient (Wildman–Crippen LogP) is 3.67. The molecule has 0 aliphatic heterocycles. The Labute approximate surface area is 145 Å². The number of carbonyl (C=O) groups excluding carboxylic acids is 2. The van der Waals surface area contributed by atoms with Crippen LogP contribution in [0, 0.1) is 6.92 Å². The van der Waals surface area contributed by atoms with E-state index in [0.29, 0.717) is 5.75 Å². The number of halogens is 1. The number of rotatable bonds is 6. The number of amides is 2. The summed E-state index contributed by atoms with van der Waals surface area (Å²) in [5, 5.41) is 7.37. The number of thiophene rings is 1. The van der Waals surface area contributed by atoms with Gasteiger partial charge in [-0.3, -0.25) is 9.59 Å². The van der Waals surface area contributed by atoms with Gasteiger partial charge in [0.25, 0.3) is 0 Å². The molecule has 0 radical (unpaired) electrons. The van der Waals surface area contributed by atoms with E-state index in [1.807, 2.05) is 42.6 Å². The van der Waals surface area contributed by atoms with Gasteiger partial charge in [-0.15, -0.1) is 23.1 Å². The predicted molar refractivity (Wildman–Crippen MR) is 95.6 cm³/mol. The van der Waals surface area contributed by atoms with Crippen molar-refractivity contribution >= 4 is 56.5 Å². The Morgan fingerprint density at radius 3 is 2.77 bits per heavy atom. The minimum Gasteiger partial charge on any atom is -0.346 e. The van der Waals surface area contributed by atoms with Crippen LogP contribution in [0.2, 0.25) is 0 Å². The summed E-state index contributed by atoms with van der Waals surface area (Å²) in [7, 11) is 0. The first-order valence-corrected chi connectivity index (χ1v) is 9.19. The molecule has 0 aliphatic rings. The highest BCUT2D eigenvalue weighted by molar-refractivity contribution is 9.10. The molecule has 1 aromatic carbocycles. The lowest BCUT2D eigenvalue weighted by Gasteiger charge is -2.09. The second kappa shape index (κ2) is 8.36. The Bertz CT molecular complexity index is 660. The van der Waals surface area contributed by atoms with Crippen LogP contribution in [-0.2, 0) is 9.59 Å². The third kappa shape index (κ3) is 5.47. The van der Waals surface area contributed by atoms with E-state index in [1.54, 1.807) is 11.3 Å². The van der Waals surface area contributed by atoms with Gasteiger partial charge in [0.1, 0.15) is 0 Å². The van der Waals surface area contributed by atoms with Gasteiger partial charge in [-0.2, -0.15) is 0 Å². The normalized spacial score (nSPS) is 10.3. The van der Waals surface area contributed by atoms with Crippen molar-refractivity contribution in [1.29, 1.82) is 0 Å². The Kier molecular flexibility index (Phi) is 6.48. The third-order valence-corrected chi connectivity index (χ3v) is 5.37. The maximum atomic E-state index is 11.8. The molecule has 0 fully saturated rings. The fourth-order valence-corrected chi connectivity index (χ4v) is 3.76. The van der Waals surface area contributed by atoms with E-state index in [9.17, 15) is 9.59 Å². The fraction of sp³-hybridized carbons (Fsp3) is 0.200. The van der Waals surface area contributed by atoms with Gasteiger partial charge in [0.15, 0.2) is 0 Å². The summed E-state index contributed by atoms with van der Waals surface area (Å²) in [6.45, 7) is 1.88. The third-order valence-electron chi connectivity index (χ3n) is 2.75. The number of hydrogen-bond donors (Lipinski definition) is 2. The van der Waals surface area contributed by atoms with E-state index in [4.69, 9.17) is 0 Å². The summed E-state index contributed by atoms with van der Waals surface area (Å²) in [6, 6.07) is 9.51. The zero-order valence-corrected chi connectivity index (χ0v) is 15.1. The SMILES string of the molecule is Cc1cc(Br)ccc1NC(=O)CNC(=O)CSc1cccs1. The van der Waals surface area contributed by atoms with E-state index in [2.05, 4.69) is 26.6 Å². The summed E-state index contributed by atoms with van der Waals surface area (Å²) >= 11 is 6.43. The number of carbonyl (C=O) groups is 2. The zero-order chi connectivity index (χ0) is 15.9. The van der Waals surface area contributed by atoms with Gasteiger partial charge in [-0.1, -0.05) is 22.0 Å². The number of anilines is 1. The number of aryl methyl sites for hydroxylation is 1.